The number of fused-ring (bicyclic) bond motifs is 2. The molecule has 0 saturated carbocycles. The number of aryl methyl sites for hydroxylation is 4. The minimum atomic E-state index is 0. The molecule has 0 aliphatic carbocycles. The van der Waals surface area contributed by atoms with E-state index in [1.807, 2.05) is 38.1 Å². The zero-order valence-corrected chi connectivity index (χ0v) is 38.7. The van der Waals surface area contributed by atoms with Crippen molar-refractivity contribution in [1.29, 1.82) is 0 Å². The topological polar surface area (TPSA) is 78.3 Å². The number of hydrogen-bond donors (Lipinski definition) is 2. The number of halogens is 2. The molecule has 8 heteroatoms. The fourth-order valence-electron chi connectivity index (χ4n) is 7.03. The molecule has 0 spiro atoms. The molecule has 292 valence electrons. The molecule has 0 bridgehead atoms. The van der Waals surface area contributed by atoms with Crippen LogP contribution >= 0.6 is 24.8 Å². The molecule has 56 heavy (non-hydrogen) atoms. The van der Waals surface area contributed by atoms with Gasteiger partial charge in [0.15, 0.2) is 0 Å². The number of benzene rings is 4. The summed E-state index contributed by atoms with van der Waals surface area (Å²) in [6.07, 6.45) is 0. The summed E-state index contributed by atoms with van der Waals surface area (Å²) in [6.45, 7) is 16.9. The summed E-state index contributed by atoms with van der Waals surface area (Å²) in [5, 5.41) is 5.05. The second kappa shape index (κ2) is 21.1. The standard InChI is InChI=1S/2C23H22NO.2CH3.2ClH.Si.Zr/c2*1-14-10-19-11-20(22-9-4-15(2)25-22)12-21(19)23(16(14)3)18-7-5-17(13-24)6-8-18;;;;;;/h2*4-12H,13,24H2,1-3H3;2*1H3;2*1H;;/q4*-1;;;;. The van der Waals surface area contributed by atoms with Crippen molar-refractivity contribution < 1.29 is 32.2 Å². The third-order valence-electron chi connectivity index (χ3n) is 10.1. The van der Waals surface area contributed by atoms with Crippen LogP contribution in [0.5, 0.6) is 0 Å². The van der Waals surface area contributed by atoms with Gasteiger partial charge in [0.2, 0.25) is 0 Å². The molecule has 8 aromatic rings. The van der Waals surface area contributed by atoms with E-state index in [0.717, 1.165) is 45.3 Å². The SMILES string of the molecule is Cc1ccc(-c2cc3c(-c4ccc(CN)cc4)c(C)c(C)cc3[cH-]2)o1.Cc1ccc(-c2cc3c(-c4ccc(CN)cc4)c(C)c(C)cc3[cH-]2)o1.Cl.Cl.[CH3-].[CH3-].[Si]=[Zr]. The van der Waals surface area contributed by atoms with Crippen molar-refractivity contribution in [2.45, 2.75) is 54.6 Å². The summed E-state index contributed by atoms with van der Waals surface area (Å²) >= 11 is 1.36. The molecule has 2 aromatic heterocycles. The van der Waals surface area contributed by atoms with Crippen molar-refractivity contribution >= 4 is 53.2 Å². The Morgan fingerprint density at radius 2 is 0.857 bits per heavy atom. The molecular formula is C48H52Cl2N2O2SiZr-4. The van der Waals surface area contributed by atoms with Crippen LogP contribution in [0, 0.1) is 56.4 Å². The van der Waals surface area contributed by atoms with E-state index in [4.69, 9.17) is 20.3 Å². The number of nitrogens with two attached hydrogens (primary N) is 2. The molecule has 0 aliphatic heterocycles. The van der Waals surface area contributed by atoms with Crippen LogP contribution in [0.15, 0.2) is 118 Å². The van der Waals surface area contributed by atoms with Gasteiger partial charge in [0.25, 0.3) is 0 Å². The van der Waals surface area contributed by atoms with Gasteiger partial charge in [0.05, 0.1) is 23.0 Å². The van der Waals surface area contributed by atoms with Gasteiger partial charge in [-0.3, -0.25) is 0 Å². The van der Waals surface area contributed by atoms with E-state index in [1.54, 1.807) is 0 Å². The quantitative estimate of drug-likeness (QED) is 0.129. The van der Waals surface area contributed by atoms with Gasteiger partial charge in [-0.15, -0.1) is 82.8 Å². The Morgan fingerprint density at radius 3 is 1.14 bits per heavy atom. The summed E-state index contributed by atoms with van der Waals surface area (Å²) in [5.74, 6) is 3.72. The molecule has 0 saturated heterocycles. The van der Waals surface area contributed by atoms with E-state index < -0.39 is 0 Å². The first-order valence-electron chi connectivity index (χ1n) is 17.5. The molecule has 2 radical (unpaired) electrons. The van der Waals surface area contributed by atoms with Crippen molar-refractivity contribution in [3.63, 3.8) is 0 Å². The Labute approximate surface area is 362 Å². The van der Waals surface area contributed by atoms with Crippen molar-refractivity contribution in [2.24, 2.45) is 11.5 Å². The van der Waals surface area contributed by atoms with Crippen LogP contribution < -0.4 is 11.5 Å². The number of hydrogen-bond acceptors (Lipinski definition) is 4. The van der Waals surface area contributed by atoms with Gasteiger partial charge in [0, 0.05) is 13.1 Å². The van der Waals surface area contributed by atoms with Gasteiger partial charge in [0.1, 0.15) is 0 Å². The van der Waals surface area contributed by atoms with E-state index >= 15 is 0 Å². The Bertz CT molecular complexity index is 2310. The molecule has 0 amide bonds. The van der Waals surface area contributed by atoms with Crippen LogP contribution in [0.4, 0.5) is 0 Å². The van der Waals surface area contributed by atoms with Gasteiger partial charge >= 0.3 is 30.2 Å². The molecule has 8 rings (SSSR count). The minimum absolute atomic E-state index is 0. The third-order valence-corrected chi connectivity index (χ3v) is 10.1. The first-order valence-corrected chi connectivity index (χ1v) is 21.7. The zero-order chi connectivity index (χ0) is 37.1. The zero-order valence-electron chi connectivity index (χ0n) is 33.6. The summed E-state index contributed by atoms with van der Waals surface area (Å²) < 4.78 is 11.6. The maximum absolute atomic E-state index is 5.82. The van der Waals surface area contributed by atoms with Crippen LogP contribution in [-0.2, 0) is 36.4 Å². The Morgan fingerprint density at radius 1 is 0.518 bits per heavy atom. The Balaban J connectivity index is 0.000000347. The summed E-state index contributed by atoms with van der Waals surface area (Å²) in [6, 6.07) is 38.7. The summed E-state index contributed by atoms with van der Waals surface area (Å²) in [7, 11) is 0. The summed E-state index contributed by atoms with van der Waals surface area (Å²) in [5.41, 5.74) is 26.4. The van der Waals surface area contributed by atoms with Crippen LogP contribution in [-0.4, -0.2) is 6.88 Å². The van der Waals surface area contributed by atoms with Crippen LogP contribution in [0.25, 0.3) is 66.4 Å². The fraction of sp³-hybridized carbons (Fsp3) is 0.167. The fourth-order valence-corrected chi connectivity index (χ4v) is 7.03. The number of furan rings is 2. The van der Waals surface area contributed by atoms with Crippen molar-refractivity contribution in [2.75, 3.05) is 0 Å². The molecule has 0 unspecified atom stereocenters. The first kappa shape index (κ1) is 48.4. The molecule has 0 aliphatic rings. The number of rotatable bonds is 6. The monoisotopic (exact) mass is 876 g/mol. The van der Waals surface area contributed by atoms with E-state index in [2.05, 4.69) is 120 Å². The normalized spacial score (nSPS) is 10.2. The molecular weight excluding hydrogens is 827 g/mol. The predicted molar refractivity (Wildman–Crippen MR) is 243 cm³/mol. The van der Waals surface area contributed by atoms with Gasteiger partial charge in [-0.25, -0.2) is 0 Å². The third kappa shape index (κ3) is 10.0. The Kier molecular flexibility index (Phi) is 18.3. The van der Waals surface area contributed by atoms with Crippen LogP contribution in [0.2, 0.25) is 0 Å². The molecule has 2 heterocycles. The Hall–Kier alpha value is -3.74. The second-order valence-corrected chi connectivity index (χ2v) is 13.5. The maximum atomic E-state index is 5.82. The second-order valence-electron chi connectivity index (χ2n) is 13.5. The van der Waals surface area contributed by atoms with E-state index in [0.29, 0.717) is 13.1 Å². The average Bonchev–Trinajstić information content (AvgIpc) is 3.98. The first-order chi connectivity index (χ1) is 25.1. The molecule has 4 N–H and O–H groups in total. The van der Waals surface area contributed by atoms with Crippen molar-refractivity contribution in [3.8, 4) is 44.9 Å². The van der Waals surface area contributed by atoms with E-state index in [9.17, 15) is 0 Å². The molecule has 4 nitrogen and oxygen atoms in total. The van der Waals surface area contributed by atoms with Gasteiger partial charge in [-0.05, 0) is 99.2 Å². The van der Waals surface area contributed by atoms with Gasteiger partial charge in [-0.1, -0.05) is 81.9 Å². The van der Waals surface area contributed by atoms with Crippen LogP contribution in [0.3, 0.4) is 0 Å². The molecule has 0 fully saturated rings. The van der Waals surface area contributed by atoms with Crippen LogP contribution in [0.1, 0.15) is 44.9 Å². The van der Waals surface area contributed by atoms with E-state index in [-0.39, 0.29) is 39.7 Å². The van der Waals surface area contributed by atoms with Crippen molar-refractivity contribution in [1.82, 2.24) is 0 Å². The average molecular weight is 879 g/mol. The summed E-state index contributed by atoms with van der Waals surface area (Å²) in [4.78, 5) is 0. The molecule has 6 aromatic carbocycles. The van der Waals surface area contributed by atoms with E-state index in [1.165, 1.54) is 89.4 Å². The van der Waals surface area contributed by atoms with Gasteiger partial charge in [-0.2, -0.15) is 0 Å². The predicted octanol–water partition coefficient (Wildman–Crippen LogP) is 13.1. The molecule has 0 atom stereocenters. The van der Waals surface area contributed by atoms with Crippen molar-refractivity contribution in [3.05, 3.63) is 169 Å². The van der Waals surface area contributed by atoms with Gasteiger partial charge < -0.3 is 35.2 Å².